The van der Waals surface area contributed by atoms with E-state index in [9.17, 15) is 14.4 Å². The quantitative estimate of drug-likeness (QED) is 0.128. The molecule has 2 atom stereocenters. The zero-order valence-corrected chi connectivity index (χ0v) is 30.9. The fourth-order valence-electron chi connectivity index (χ4n) is 7.35. The number of hydrogen-bond acceptors (Lipinski definition) is 7. The first kappa shape index (κ1) is 36.8. The van der Waals surface area contributed by atoms with E-state index < -0.39 is 5.82 Å². The van der Waals surface area contributed by atoms with Gasteiger partial charge >= 0.3 is 0 Å². The van der Waals surface area contributed by atoms with Crippen LogP contribution in [0.25, 0.3) is 33.5 Å². The van der Waals surface area contributed by atoms with Crippen molar-refractivity contribution in [2.75, 3.05) is 39.8 Å². The summed E-state index contributed by atoms with van der Waals surface area (Å²) in [5, 5.41) is 13.4. The lowest BCUT2D eigenvalue weighted by atomic mass is 9.92. The van der Waals surface area contributed by atoms with Gasteiger partial charge in [0.15, 0.2) is 0 Å². The summed E-state index contributed by atoms with van der Waals surface area (Å²) in [5.41, 5.74) is 5.50. The Hall–Kier alpha value is -4.55. The average Bonchev–Trinajstić information content (AvgIpc) is 3.77. The normalized spacial score (nSPS) is 18.3. The molecular weight excluding hydrogens is 718 g/mol. The van der Waals surface area contributed by atoms with Crippen LogP contribution in [0.4, 0.5) is 4.39 Å². The highest BCUT2D eigenvalue weighted by Crippen LogP contribution is 2.43. The van der Waals surface area contributed by atoms with Crippen LogP contribution in [-0.2, 0) is 22.6 Å². The van der Waals surface area contributed by atoms with Crippen LogP contribution in [0, 0.1) is 5.82 Å². The highest BCUT2D eigenvalue weighted by molar-refractivity contribution is 6.39. The van der Waals surface area contributed by atoms with Gasteiger partial charge in [-0.1, -0.05) is 71.7 Å². The molecule has 0 radical (unpaired) electrons. The first-order valence-electron chi connectivity index (χ1n) is 17.9. The van der Waals surface area contributed by atoms with Crippen LogP contribution >= 0.6 is 23.2 Å². The van der Waals surface area contributed by atoms with Crippen LogP contribution in [-0.4, -0.2) is 79.5 Å². The van der Waals surface area contributed by atoms with Gasteiger partial charge in [-0.2, -0.15) is 0 Å². The summed E-state index contributed by atoms with van der Waals surface area (Å²) in [4.78, 5) is 42.8. The number of hydrogen-bond donors (Lipinski definition) is 4. The van der Waals surface area contributed by atoms with E-state index in [2.05, 4.69) is 21.3 Å². The van der Waals surface area contributed by atoms with E-state index in [1.807, 2.05) is 54.6 Å². The summed E-state index contributed by atoms with van der Waals surface area (Å²) in [6.07, 6.45) is 3.22. The third-order valence-corrected chi connectivity index (χ3v) is 11.0. The third kappa shape index (κ3) is 8.03. The van der Waals surface area contributed by atoms with Crippen molar-refractivity contribution in [3.8, 4) is 39.4 Å². The zero-order valence-electron chi connectivity index (χ0n) is 29.4. The molecule has 13 heteroatoms. The maximum absolute atomic E-state index is 15.8. The molecule has 4 N–H and O–H groups in total. The predicted octanol–water partition coefficient (Wildman–Crippen LogP) is 5.77. The second-order valence-corrected chi connectivity index (χ2v) is 14.4. The van der Waals surface area contributed by atoms with Crippen LogP contribution in [0.2, 0.25) is 10.0 Å². The highest BCUT2D eigenvalue weighted by Gasteiger charge is 2.29. The van der Waals surface area contributed by atoms with Crippen molar-refractivity contribution in [2.24, 2.45) is 0 Å². The zero-order chi connectivity index (χ0) is 37.1. The highest BCUT2D eigenvalue weighted by atomic mass is 35.5. The molecule has 2 saturated heterocycles. The van der Waals surface area contributed by atoms with Crippen LogP contribution in [0.1, 0.15) is 47.2 Å². The van der Waals surface area contributed by atoms with Gasteiger partial charge in [0.25, 0.3) is 5.91 Å². The molecular formula is C40H41Cl2FN6O4. The Kier molecular flexibility index (Phi) is 11.3. The number of nitrogens with one attached hydrogen (secondary N) is 4. The van der Waals surface area contributed by atoms with Gasteiger partial charge in [-0.05, 0) is 42.5 Å². The molecule has 2 fully saturated rings. The number of aromatic nitrogens is 1. The Morgan fingerprint density at radius 3 is 2.15 bits per heavy atom. The van der Waals surface area contributed by atoms with Gasteiger partial charge in [-0.15, -0.1) is 0 Å². The largest absolute Gasteiger partial charge is 0.481 e. The molecule has 3 amide bonds. The van der Waals surface area contributed by atoms with Gasteiger partial charge in [-0.3, -0.25) is 14.4 Å². The molecule has 1 aromatic heterocycles. The van der Waals surface area contributed by atoms with E-state index in [1.54, 1.807) is 12.0 Å². The predicted molar refractivity (Wildman–Crippen MR) is 204 cm³/mol. The number of benzene rings is 3. The molecule has 276 valence electrons. The molecule has 4 aromatic rings. The summed E-state index contributed by atoms with van der Waals surface area (Å²) < 4.78 is 21.4. The molecule has 10 nitrogen and oxygen atoms in total. The molecule has 0 aliphatic carbocycles. The molecule has 0 spiro atoms. The average molecular weight is 760 g/mol. The molecule has 0 saturated carbocycles. The van der Waals surface area contributed by atoms with E-state index in [4.69, 9.17) is 32.9 Å². The van der Waals surface area contributed by atoms with E-state index in [1.165, 1.54) is 6.07 Å². The van der Waals surface area contributed by atoms with Gasteiger partial charge in [-0.25, -0.2) is 9.37 Å². The Morgan fingerprint density at radius 2 is 1.49 bits per heavy atom. The van der Waals surface area contributed by atoms with Crippen LogP contribution in [0.5, 0.6) is 5.88 Å². The number of nitrogens with zero attached hydrogens (tertiary/aromatic N) is 2. The number of rotatable bonds is 13. The summed E-state index contributed by atoms with van der Waals surface area (Å²) in [6, 6.07) is 18.5. The minimum atomic E-state index is -0.584. The number of halogens is 3. The lowest BCUT2D eigenvalue weighted by molar-refractivity contribution is -0.120. The van der Waals surface area contributed by atoms with E-state index >= 15 is 4.39 Å². The number of amides is 3. The second-order valence-electron chi connectivity index (χ2n) is 13.7. The Morgan fingerprint density at radius 1 is 0.849 bits per heavy atom. The van der Waals surface area contributed by atoms with Gasteiger partial charge in [0.1, 0.15) is 5.82 Å². The van der Waals surface area contributed by atoms with Gasteiger partial charge in [0, 0.05) is 92.0 Å². The van der Waals surface area contributed by atoms with Crippen molar-refractivity contribution in [1.82, 2.24) is 31.2 Å². The Bertz CT molecular complexity index is 2060. The van der Waals surface area contributed by atoms with Crippen molar-refractivity contribution in [1.29, 1.82) is 0 Å². The van der Waals surface area contributed by atoms with Crippen LogP contribution in [0.15, 0.2) is 60.7 Å². The minimum absolute atomic E-state index is 0.0654. The third-order valence-electron chi connectivity index (χ3n) is 10.2. The van der Waals surface area contributed by atoms with Gasteiger partial charge in [0.2, 0.25) is 17.7 Å². The molecule has 7 rings (SSSR count). The summed E-state index contributed by atoms with van der Waals surface area (Å²) >= 11 is 14.2. The fraction of sp³-hybridized carbons (Fsp3) is 0.350. The Labute approximate surface area is 317 Å². The summed E-state index contributed by atoms with van der Waals surface area (Å²) in [6.45, 7) is 3.29. The number of fused-ring (bicyclic) bond motifs is 1. The molecule has 3 aromatic carbocycles. The van der Waals surface area contributed by atoms with Crippen molar-refractivity contribution >= 4 is 40.9 Å². The summed E-state index contributed by atoms with van der Waals surface area (Å²) in [7, 11) is 1.57. The second kappa shape index (κ2) is 16.2. The van der Waals surface area contributed by atoms with Crippen molar-refractivity contribution in [3.05, 3.63) is 93.2 Å². The van der Waals surface area contributed by atoms with Crippen molar-refractivity contribution in [3.63, 3.8) is 0 Å². The van der Waals surface area contributed by atoms with Crippen molar-refractivity contribution in [2.45, 2.75) is 50.7 Å². The maximum Gasteiger partial charge on any atom is 0.257 e. The lowest BCUT2D eigenvalue weighted by Gasteiger charge is -2.29. The molecule has 53 heavy (non-hydrogen) atoms. The standard InChI is InChI=1S/C40H41Cl2FN6O4/c1-53-39-24(20-45-22-27-10-13-35(51)47-27)8-11-33(48-39)31-7-3-6-30(38(31)42)29-5-2-4-28(37(29)41)25-18-23-14-16-49(40(52)36(23)32(43)19-25)17-15-44-21-26-9-12-34(50)46-26/h2-8,11,18-19,26-27,44-45H,9-10,12-17,20-22H2,1H3,(H,46,50)(H,47,51)/t26-,27+/m0/s1. The van der Waals surface area contributed by atoms with Crippen LogP contribution < -0.4 is 26.0 Å². The fourth-order valence-corrected chi connectivity index (χ4v) is 8.01. The monoisotopic (exact) mass is 758 g/mol. The van der Waals surface area contributed by atoms with Gasteiger partial charge < -0.3 is 30.9 Å². The number of pyridine rings is 1. The van der Waals surface area contributed by atoms with Crippen LogP contribution in [0.3, 0.4) is 0 Å². The number of ether oxygens (including phenoxy) is 1. The molecule has 3 aliphatic heterocycles. The Balaban J connectivity index is 1.07. The smallest absolute Gasteiger partial charge is 0.257 e. The lowest BCUT2D eigenvalue weighted by Crippen LogP contribution is -2.44. The van der Waals surface area contributed by atoms with E-state index in [0.717, 1.165) is 18.4 Å². The van der Waals surface area contributed by atoms with Crippen molar-refractivity contribution < 1.29 is 23.5 Å². The molecule has 3 aliphatic rings. The number of carbonyl (C=O) groups is 3. The first-order valence-corrected chi connectivity index (χ1v) is 18.7. The molecule has 0 unspecified atom stereocenters. The van der Waals surface area contributed by atoms with E-state index in [0.29, 0.717) is 114 Å². The molecule has 0 bridgehead atoms. The van der Waals surface area contributed by atoms with Gasteiger partial charge in [0.05, 0.1) is 28.4 Å². The summed E-state index contributed by atoms with van der Waals surface area (Å²) in [5.74, 6) is -0.298. The first-order chi connectivity index (χ1) is 25.7. The topological polar surface area (TPSA) is 125 Å². The SMILES string of the molecule is COc1nc(-c2cccc(-c3cccc(-c4cc(F)c5c(c4)CCN(CCNC[C@@H]4CCC(=O)N4)C5=O)c3Cl)c2Cl)ccc1CNC[C@H]1CCC(=O)N1. The number of methoxy groups -OCH3 is 1. The maximum atomic E-state index is 15.8. The minimum Gasteiger partial charge on any atom is -0.481 e. The molecule has 4 heterocycles. The van der Waals surface area contributed by atoms with E-state index in [-0.39, 0.29) is 35.4 Å². The number of carbonyl (C=O) groups excluding carboxylic acids is 3.